The lowest BCUT2D eigenvalue weighted by atomic mass is 10.1. The molecule has 0 unspecified atom stereocenters. The molecule has 0 atom stereocenters. The second-order valence-electron chi connectivity index (χ2n) is 9.23. The Kier molecular flexibility index (Phi) is 7.18. The van der Waals surface area contributed by atoms with E-state index < -0.39 is 21.8 Å². The van der Waals surface area contributed by atoms with Crippen molar-refractivity contribution in [2.45, 2.75) is 45.4 Å². The van der Waals surface area contributed by atoms with E-state index >= 15 is 0 Å². The van der Waals surface area contributed by atoms with E-state index in [0.29, 0.717) is 24.2 Å². The number of amides is 3. The molecule has 8 nitrogen and oxygen atoms in total. The first-order valence-electron chi connectivity index (χ1n) is 12.0. The highest BCUT2D eigenvalue weighted by atomic mass is 32.2. The minimum absolute atomic E-state index is 0.0339. The van der Waals surface area contributed by atoms with Gasteiger partial charge in [-0.05, 0) is 74.7 Å². The Morgan fingerprint density at radius 2 is 1.59 bits per heavy atom. The number of hydrogen-bond acceptors (Lipinski definition) is 5. The summed E-state index contributed by atoms with van der Waals surface area (Å²) in [6.45, 7) is 7.74. The number of carbonyl (C=O) groups is 3. The van der Waals surface area contributed by atoms with Crippen molar-refractivity contribution in [2.75, 3.05) is 16.6 Å². The number of benzene rings is 3. The van der Waals surface area contributed by atoms with Crippen LogP contribution < -0.4 is 10.0 Å². The summed E-state index contributed by atoms with van der Waals surface area (Å²) in [5.74, 6) is -1.29. The van der Waals surface area contributed by atoms with Crippen LogP contribution in [-0.4, -0.2) is 37.6 Å². The molecule has 1 aliphatic rings. The Hall–Kier alpha value is -3.98. The summed E-state index contributed by atoms with van der Waals surface area (Å²) < 4.78 is 29.0. The number of fused-ring (bicyclic) bond motifs is 1. The summed E-state index contributed by atoms with van der Waals surface area (Å²) in [6, 6.07) is 14.4. The van der Waals surface area contributed by atoms with Gasteiger partial charge in [0.05, 0.1) is 21.7 Å². The normalized spacial score (nSPS) is 13.0. The van der Waals surface area contributed by atoms with E-state index in [-0.39, 0.29) is 33.2 Å². The molecule has 3 aromatic carbocycles. The van der Waals surface area contributed by atoms with Gasteiger partial charge in [0.2, 0.25) is 0 Å². The average molecular weight is 520 g/mol. The molecule has 0 bridgehead atoms. The Balaban J connectivity index is 1.56. The van der Waals surface area contributed by atoms with Crippen LogP contribution in [0.2, 0.25) is 0 Å². The second kappa shape index (κ2) is 10.2. The monoisotopic (exact) mass is 519 g/mol. The maximum absolute atomic E-state index is 13.2. The molecule has 3 amide bonds. The number of hydrogen-bond donors (Lipinski definition) is 2. The fourth-order valence-electron chi connectivity index (χ4n) is 4.25. The average Bonchev–Trinajstić information content (AvgIpc) is 3.09. The van der Waals surface area contributed by atoms with Crippen LogP contribution in [-0.2, 0) is 10.0 Å². The number of sulfonamides is 1. The van der Waals surface area contributed by atoms with Crippen LogP contribution in [0.4, 0.5) is 11.4 Å². The van der Waals surface area contributed by atoms with Crippen molar-refractivity contribution in [3.8, 4) is 0 Å². The summed E-state index contributed by atoms with van der Waals surface area (Å²) >= 11 is 0. The Morgan fingerprint density at radius 1 is 0.865 bits per heavy atom. The highest BCUT2D eigenvalue weighted by Crippen LogP contribution is 2.27. The first kappa shape index (κ1) is 26.1. The predicted octanol–water partition coefficient (Wildman–Crippen LogP) is 5.06. The predicted molar refractivity (Wildman–Crippen MR) is 143 cm³/mol. The molecule has 0 radical (unpaired) electrons. The molecule has 2 N–H and O–H groups in total. The van der Waals surface area contributed by atoms with Gasteiger partial charge in [0.15, 0.2) is 0 Å². The third kappa shape index (κ3) is 5.27. The van der Waals surface area contributed by atoms with E-state index in [0.717, 1.165) is 17.5 Å². The molecule has 4 rings (SSSR count). The van der Waals surface area contributed by atoms with Crippen molar-refractivity contribution in [1.82, 2.24) is 4.90 Å². The van der Waals surface area contributed by atoms with Crippen molar-refractivity contribution in [2.24, 2.45) is 0 Å². The summed E-state index contributed by atoms with van der Waals surface area (Å²) in [7, 11) is -3.93. The maximum Gasteiger partial charge on any atom is 0.262 e. The fourth-order valence-corrected chi connectivity index (χ4v) is 5.65. The number of anilines is 2. The minimum Gasteiger partial charge on any atom is -0.322 e. The van der Waals surface area contributed by atoms with E-state index in [1.54, 1.807) is 25.1 Å². The number of unbranched alkanes of at least 4 members (excludes halogenated alkanes) is 1. The smallest absolute Gasteiger partial charge is 0.262 e. The maximum atomic E-state index is 13.2. The van der Waals surface area contributed by atoms with Crippen molar-refractivity contribution in [3.63, 3.8) is 0 Å². The minimum atomic E-state index is -3.93. The zero-order valence-corrected chi connectivity index (χ0v) is 22.0. The summed E-state index contributed by atoms with van der Waals surface area (Å²) in [4.78, 5) is 39.5. The third-order valence-electron chi connectivity index (χ3n) is 6.33. The standard InChI is InChI=1S/C28H29N3O5S/c1-5-6-13-31-27(33)22-11-9-20(15-23(22)28(31)34)26(32)29-21-10-8-18(3)25(16-21)37(35,36)30-24-12-7-17(2)14-19(24)4/h7-12,14-16,30H,5-6,13H2,1-4H3,(H,29,32). The van der Waals surface area contributed by atoms with E-state index in [4.69, 9.17) is 0 Å². The SMILES string of the molecule is CCCCN1C(=O)c2ccc(C(=O)Nc3ccc(C)c(S(=O)(=O)Nc4ccc(C)cc4C)c3)cc2C1=O. The number of nitrogens with zero attached hydrogens (tertiary/aromatic N) is 1. The molecule has 0 fully saturated rings. The molecule has 1 heterocycles. The number of aryl methyl sites for hydroxylation is 3. The van der Waals surface area contributed by atoms with Gasteiger partial charge in [-0.1, -0.05) is 37.1 Å². The molecule has 0 spiro atoms. The summed E-state index contributed by atoms with van der Waals surface area (Å²) in [6.07, 6.45) is 1.55. The molecule has 3 aromatic rings. The van der Waals surface area contributed by atoms with E-state index in [1.165, 1.54) is 29.2 Å². The van der Waals surface area contributed by atoms with Gasteiger partial charge in [-0.3, -0.25) is 24.0 Å². The molecule has 0 aromatic heterocycles. The van der Waals surface area contributed by atoms with E-state index in [9.17, 15) is 22.8 Å². The highest BCUT2D eigenvalue weighted by Gasteiger charge is 2.35. The third-order valence-corrected chi connectivity index (χ3v) is 7.84. The van der Waals surface area contributed by atoms with Gasteiger partial charge in [-0.2, -0.15) is 0 Å². The first-order chi connectivity index (χ1) is 17.5. The van der Waals surface area contributed by atoms with Crippen LogP contribution in [0.25, 0.3) is 0 Å². The lowest BCUT2D eigenvalue weighted by molar-refractivity contribution is 0.0652. The van der Waals surface area contributed by atoms with Crippen LogP contribution >= 0.6 is 0 Å². The zero-order valence-electron chi connectivity index (χ0n) is 21.2. The molecular weight excluding hydrogens is 490 g/mol. The quantitative estimate of drug-likeness (QED) is 0.404. The van der Waals surface area contributed by atoms with Gasteiger partial charge in [-0.25, -0.2) is 8.42 Å². The summed E-state index contributed by atoms with van der Waals surface area (Å²) in [5.41, 5.74) is 3.75. The van der Waals surface area contributed by atoms with Crippen molar-refractivity contribution >= 4 is 39.1 Å². The Labute approximate surface area is 216 Å². The lowest BCUT2D eigenvalue weighted by Gasteiger charge is -2.14. The molecule has 0 saturated carbocycles. The van der Waals surface area contributed by atoms with Gasteiger partial charge >= 0.3 is 0 Å². The highest BCUT2D eigenvalue weighted by molar-refractivity contribution is 7.92. The number of carbonyl (C=O) groups excluding carboxylic acids is 3. The van der Waals surface area contributed by atoms with Crippen molar-refractivity contribution in [1.29, 1.82) is 0 Å². The van der Waals surface area contributed by atoms with Gasteiger partial charge in [0.25, 0.3) is 27.7 Å². The molecule has 192 valence electrons. The van der Waals surface area contributed by atoms with Crippen LogP contribution in [0.1, 0.15) is 67.5 Å². The van der Waals surface area contributed by atoms with Gasteiger partial charge in [0.1, 0.15) is 0 Å². The van der Waals surface area contributed by atoms with Gasteiger partial charge < -0.3 is 5.32 Å². The van der Waals surface area contributed by atoms with Crippen LogP contribution in [0.3, 0.4) is 0 Å². The zero-order chi connectivity index (χ0) is 26.9. The van der Waals surface area contributed by atoms with Crippen molar-refractivity contribution < 1.29 is 22.8 Å². The fraction of sp³-hybridized carbons (Fsp3) is 0.250. The second-order valence-corrected chi connectivity index (χ2v) is 10.9. The first-order valence-corrected chi connectivity index (χ1v) is 13.5. The number of nitrogens with one attached hydrogen (secondary N) is 2. The van der Waals surface area contributed by atoms with Gasteiger partial charge in [-0.15, -0.1) is 0 Å². The summed E-state index contributed by atoms with van der Waals surface area (Å²) in [5, 5.41) is 2.70. The Morgan fingerprint density at radius 3 is 2.30 bits per heavy atom. The topological polar surface area (TPSA) is 113 Å². The van der Waals surface area contributed by atoms with Crippen LogP contribution in [0.5, 0.6) is 0 Å². The molecule has 37 heavy (non-hydrogen) atoms. The molecule has 0 saturated heterocycles. The van der Waals surface area contributed by atoms with E-state index in [1.807, 2.05) is 32.9 Å². The molecule has 0 aliphatic carbocycles. The Bertz CT molecular complexity index is 1530. The molecular formula is C28H29N3O5S. The largest absolute Gasteiger partial charge is 0.322 e. The van der Waals surface area contributed by atoms with Crippen LogP contribution in [0.15, 0.2) is 59.5 Å². The van der Waals surface area contributed by atoms with E-state index in [2.05, 4.69) is 10.0 Å². The van der Waals surface area contributed by atoms with Crippen LogP contribution in [0, 0.1) is 20.8 Å². The molecule has 1 aliphatic heterocycles. The molecule has 9 heteroatoms. The van der Waals surface area contributed by atoms with Crippen molar-refractivity contribution in [3.05, 3.63) is 88.0 Å². The lowest BCUT2D eigenvalue weighted by Crippen LogP contribution is -2.30. The number of imide groups is 1. The van der Waals surface area contributed by atoms with Gasteiger partial charge in [0, 0.05) is 17.8 Å². The number of rotatable bonds is 8.